The smallest absolute Gasteiger partial charge is 0.329 e. The van der Waals surface area contributed by atoms with Gasteiger partial charge in [-0.05, 0) is 18.4 Å². The number of piperidine rings is 1. The number of esters is 1. The van der Waals surface area contributed by atoms with E-state index in [-0.39, 0.29) is 23.2 Å². The Hall–Kier alpha value is -1.49. The predicted octanol–water partition coefficient (Wildman–Crippen LogP) is 2.40. The number of ether oxygens (including phenoxy) is 1. The van der Waals surface area contributed by atoms with Crippen LogP contribution in [0.2, 0.25) is 0 Å². The summed E-state index contributed by atoms with van der Waals surface area (Å²) >= 11 is 1.76. The van der Waals surface area contributed by atoms with Gasteiger partial charge in [-0.15, -0.1) is 11.8 Å². The molecule has 0 bridgehead atoms. The predicted molar refractivity (Wildman–Crippen MR) is 81.9 cm³/mol. The lowest BCUT2D eigenvalue weighted by Crippen LogP contribution is -2.58. The minimum atomic E-state index is -0.433. The summed E-state index contributed by atoms with van der Waals surface area (Å²) < 4.78 is 4.88. The number of benzene rings is 1. The lowest BCUT2D eigenvalue weighted by molar-refractivity contribution is -0.156. The molecular formula is C16H19NO3S. The fourth-order valence-corrected chi connectivity index (χ4v) is 4.81. The van der Waals surface area contributed by atoms with Crippen molar-refractivity contribution in [3.8, 4) is 0 Å². The highest BCUT2D eigenvalue weighted by Crippen LogP contribution is 2.44. The number of hydrogen-bond acceptors (Lipinski definition) is 4. The monoisotopic (exact) mass is 305 g/mol. The van der Waals surface area contributed by atoms with Crippen LogP contribution in [0.25, 0.3) is 0 Å². The van der Waals surface area contributed by atoms with Gasteiger partial charge in [0.1, 0.15) is 6.04 Å². The molecule has 3 atom stereocenters. The van der Waals surface area contributed by atoms with E-state index in [1.54, 1.807) is 16.7 Å². The van der Waals surface area contributed by atoms with Crippen LogP contribution in [0, 0.1) is 0 Å². The Morgan fingerprint density at radius 3 is 2.81 bits per heavy atom. The SMILES string of the molecule is COC(=O)C1CSC(c2ccccc2)C2CCCC(=O)N12. The fourth-order valence-electron chi connectivity index (χ4n) is 3.28. The van der Waals surface area contributed by atoms with E-state index in [4.69, 9.17) is 4.74 Å². The summed E-state index contributed by atoms with van der Waals surface area (Å²) in [5.74, 6) is 0.395. The van der Waals surface area contributed by atoms with E-state index in [0.29, 0.717) is 12.2 Å². The zero-order valence-electron chi connectivity index (χ0n) is 12.0. The molecule has 2 saturated heterocycles. The van der Waals surface area contributed by atoms with Gasteiger partial charge in [-0.2, -0.15) is 0 Å². The maximum Gasteiger partial charge on any atom is 0.329 e. The molecule has 5 heteroatoms. The second kappa shape index (κ2) is 6.10. The first kappa shape index (κ1) is 14.4. The summed E-state index contributed by atoms with van der Waals surface area (Å²) in [5.41, 5.74) is 1.23. The first-order valence-corrected chi connectivity index (χ1v) is 8.33. The van der Waals surface area contributed by atoms with E-state index in [0.717, 1.165) is 12.8 Å². The number of carbonyl (C=O) groups excluding carboxylic acids is 2. The zero-order chi connectivity index (χ0) is 14.8. The third-order valence-corrected chi connectivity index (χ3v) is 5.71. The van der Waals surface area contributed by atoms with Crippen LogP contribution in [0.5, 0.6) is 0 Å². The summed E-state index contributed by atoms with van der Waals surface area (Å²) in [6.07, 6.45) is 2.39. The minimum Gasteiger partial charge on any atom is -0.467 e. The molecule has 0 aliphatic carbocycles. The molecule has 2 heterocycles. The van der Waals surface area contributed by atoms with Crippen molar-refractivity contribution in [1.82, 2.24) is 4.90 Å². The number of amides is 1. The highest BCUT2D eigenvalue weighted by atomic mass is 32.2. The van der Waals surface area contributed by atoms with Crippen LogP contribution in [-0.4, -0.2) is 41.7 Å². The summed E-state index contributed by atoms with van der Waals surface area (Å²) in [5, 5.41) is 0.247. The number of fused-ring (bicyclic) bond motifs is 1. The Morgan fingerprint density at radius 2 is 2.10 bits per heavy atom. The van der Waals surface area contributed by atoms with Gasteiger partial charge in [0.05, 0.1) is 12.4 Å². The van der Waals surface area contributed by atoms with Crippen molar-refractivity contribution in [1.29, 1.82) is 0 Å². The average molecular weight is 305 g/mol. The van der Waals surface area contributed by atoms with E-state index in [2.05, 4.69) is 12.1 Å². The van der Waals surface area contributed by atoms with Gasteiger partial charge < -0.3 is 9.64 Å². The second-order valence-corrected chi connectivity index (χ2v) is 6.64. The molecule has 2 aliphatic heterocycles. The lowest BCUT2D eigenvalue weighted by atomic mass is 9.92. The van der Waals surface area contributed by atoms with Gasteiger partial charge in [0.2, 0.25) is 5.91 Å². The Bertz CT molecular complexity index is 534. The van der Waals surface area contributed by atoms with Crippen molar-refractivity contribution in [2.45, 2.75) is 36.6 Å². The van der Waals surface area contributed by atoms with Gasteiger partial charge in [-0.1, -0.05) is 30.3 Å². The van der Waals surface area contributed by atoms with Crippen LogP contribution in [0.1, 0.15) is 30.1 Å². The van der Waals surface area contributed by atoms with Crippen molar-refractivity contribution in [2.75, 3.05) is 12.9 Å². The van der Waals surface area contributed by atoms with Crippen LogP contribution >= 0.6 is 11.8 Å². The molecule has 3 unspecified atom stereocenters. The average Bonchev–Trinajstić information content (AvgIpc) is 2.54. The highest BCUT2D eigenvalue weighted by molar-refractivity contribution is 7.99. The Labute approximate surface area is 128 Å². The van der Waals surface area contributed by atoms with E-state index in [1.165, 1.54) is 12.7 Å². The van der Waals surface area contributed by atoms with Crippen molar-refractivity contribution < 1.29 is 14.3 Å². The standard InChI is InChI=1S/C16H19NO3S/c1-20-16(19)13-10-21-15(11-6-3-2-4-7-11)12-8-5-9-14(18)17(12)13/h2-4,6-7,12-13,15H,5,8-10H2,1H3. The van der Waals surface area contributed by atoms with Gasteiger partial charge >= 0.3 is 5.97 Å². The fraction of sp³-hybridized carbons (Fsp3) is 0.500. The zero-order valence-corrected chi connectivity index (χ0v) is 12.8. The van der Waals surface area contributed by atoms with E-state index in [1.807, 2.05) is 18.2 Å². The van der Waals surface area contributed by atoms with E-state index < -0.39 is 6.04 Å². The topological polar surface area (TPSA) is 46.6 Å². The maximum absolute atomic E-state index is 12.3. The van der Waals surface area contributed by atoms with E-state index >= 15 is 0 Å². The van der Waals surface area contributed by atoms with Crippen LogP contribution in [-0.2, 0) is 14.3 Å². The molecule has 4 nitrogen and oxygen atoms in total. The molecule has 1 amide bonds. The summed E-state index contributed by atoms with van der Waals surface area (Å²) in [7, 11) is 1.39. The largest absolute Gasteiger partial charge is 0.467 e. The van der Waals surface area contributed by atoms with Gasteiger partial charge in [0.25, 0.3) is 0 Å². The van der Waals surface area contributed by atoms with Crippen LogP contribution in [0.15, 0.2) is 30.3 Å². The molecule has 1 aromatic carbocycles. The van der Waals surface area contributed by atoms with E-state index in [9.17, 15) is 9.59 Å². The molecular weight excluding hydrogens is 286 g/mol. The third-order valence-electron chi connectivity index (χ3n) is 4.26. The lowest BCUT2D eigenvalue weighted by Gasteiger charge is -2.47. The van der Waals surface area contributed by atoms with Gasteiger partial charge in [-0.3, -0.25) is 4.79 Å². The normalized spacial score (nSPS) is 28.9. The first-order chi connectivity index (χ1) is 10.2. The number of nitrogens with zero attached hydrogens (tertiary/aromatic N) is 1. The Balaban J connectivity index is 1.91. The molecule has 0 spiro atoms. The van der Waals surface area contributed by atoms with Crippen molar-refractivity contribution in [3.05, 3.63) is 35.9 Å². The van der Waals surface area contributed by atoms with Crippen molar-refractivity contribution in [3.63, 3.8) is 0 Å². The maximum atomic E-state index is 12.3. The quantitative estimate of drug-likeness (QED) is 0.787. The molecule has 0 N–H and O–H groups in total. The Kier molecular flexibility index (Phi) is 4.19. The molecule has 0 saturated carbocycles. The molecule has 1 aromatic rings. The number of rotatable bonds is 2. The van der Waals surface area contributed by atoms with Crippen molar-refractivity contribution in [2.24, 2.45) is 0 Å². The molecule has 21 heavy (non-hydrogen) atoms. The molecule has 2 fully saturated rings. The summed E-state index contributed by atoms with van der Waals surface area (Å²) in [6, 6.07) is 9.92. The highest BCUT2D eigenvalue weighted by Gasteiger charge is 2.45. The van der Waals surface area contributed by atoms with Crippen molar-refractivity contribution >= 4 is 23.6 Å². The Morgan fingerprint density at radius 1 is 1.33 bits per heavy atom. The van der Waals surface area contributed by atoms with Crippen LogP contribution in [0.3, 0.4) is 0 Å². The van der Waals surface area contributed by atoms with Gasteiger partial charge in [0.15, 0.2) is 0 Å². The number of carbonyl (C=O) groups is 2. The van der Waals surface area contributed by atoms with Crippen LogP contribution in [0.4, 0.5) is 0 Å². The molecule has 0 radical (unpaired) electrons. The van der Waals surface area contributed by atoms with Gasteiger partial charge in [-0.25, -0.2) is 4.79 Å². The third kappa shape index (κ3) is 2.67. The second-order valence-electron chi connectivity index (χ2n) is 5.46. The summed E-state index contributed by atoms with van der Waals surface area (Å²) in [4.78, 5) is 26.1. The minimum absolute atomic E-state index is 0.0860. The summed E-state index contributed by atoms with van der Waals surface area (Å²) in [6.45, 7) is 0. The number of thioether (sulfide) groups is 1. The van der Waals surface area contributed by atoms with Crippen LogP contribution < -0.4 is 0 Å². The van der Waals surface area contributed by atoms with Gasteiger partial charge in [0, 0.05) is 18.2 Å². The molecule has 112 valence electrons. The molecule has 0 aromatic heterocycles. The first-order valence-electron chi connectivity index (χ1n) is 7.28. The molecule has 3 rings (SSSR count). The number of hydrogen-bond donors (Lipinski definition) is 0. The number of methoxy groups -OCH3 is 1. The molecule has 2 aliphatic rings.